The van der Waals surface area contributed by atoms with Crippen LogP contribution in [0, 0.1) is 0 Å². The second kappa shape index (κ2) is 6.45. The molecular formula is C18H14O6. The third kappa shape index (κ3) is 3.22. The van der Waals surface area contributed by atoms with E-state index in [-0.39, 0.29) is 12.4 Å². The average Bonchev–Trinajstić information content (AvgIpc) is 3.04. The van der Waals surface area contributed by atoms with Crippen LogP contribution in [0.4, 0.5) is 0 Å². The molecule has 0 saturated heterocycles. The highest BCUT2D eigenvalue weighted by atomic mass is 16.7. The van der Waals surface area contributed by atoms with Gasteiger partial charge in [-0.05, 0) is 17.7 Å². The zero-order valence-electron chi connectivity index (χ0n) is 12.6. The lowest BCUT2D eigenvalue weighted by Crippen LogP contribution is -2.04. The number of aliphatic hydroxyl groups excluding tert-OH is 1. The highest BCUT2D eigenvalue weighted by Gasteiger charge is 2.21. The molecule has 1 aliphatic rings. The zero-order chi connectivity index (χ0) is 17.1. The Morgan fingerprint density at radius 2 is 1.83 bits per heavy atom. The second-order valence-corrected chi connectivity index (χ2v) is 5.23. The van der Waals surface area contributed by atoms with Gasteiger partial charge in [0.15, 0.2) is 17.3 Å². The lowest BCUT2D eigenvalue weighted by atomic mass is 9.99. The predicted octanol–water partition coefficient (Wildman–Crippen LogP) is 2.72. The van der Waals surface area contributed by atoms with Gasteiger partial charge < -0.3 is 19.7 Å². The molecule has 0 bridgehead atoms. The number of hydrogen-bond donors (Lipinski definition) is 2. The number of ketones is 1. The van der Waals surface area contributed by atoms with E-state index in [4.69, 9.17) is 14.6 Å². The van der Waals surface area contributed by atoms with E-state index < -0.39 is 17.5 Å². The first-order valence-electron chi connectivity index (χ1n) is 7.19. The molecule has 2 aromatic rings. The number of carbonyl (C=O) groups excluding carboxylic acids is 1. The molecule has 0 radical (unpaired) electrons. The first-order chi connectivity index (χ1) is 11.5. The van der Waals surface area contributed by atoms with Crippen molar-refractivity contribution in [2.75, 3.05) is 6.79 Å². The SMILES string of the molecule is O=C(O)/C(O)=C/C(=O)c1cc(Cc2ccccc2)c2c(c1)OCO2. The van der Waals surface area contributed by atoms with Crippen molar-refractivity contribution in [3.63, 3.8) is 0 Å². The van der Waals surface area contributed by atoms with Crippen molar-refractivity contribution in [1.29, 1.82) is 0 Å². The van der Waals surface area contributed by atoms with E-state index in [1.807, 2.05) is 30.3 Å². The molecule has 1 heterocycles. The van der Waals surface area contributed by atoms with Crippen LogP contribution < -0.4 is 9.47 Å². The van der Waals surface area contributed by atoms with Gasteiger partial charge in [-0.15, -0.1) is 0 Å². The maximum atomic E-state index is 12.2. The summed E-state index contributed by atoms with van der Waals surface area (Å²) in [5.74, 6) is -2.20. The molecule has 1 aliphatic heterocycles. The number of aliphatic hydroxyl groups is 1. The molecule has 0 unspecified atom stereocenters. The predicted molar refractivity (Wildman–Crippen MR) is 84.5 cm³/mol. The Morgan fingerprint density at radius 1 is 1.08 bits per heavy atom. The summed E-state index contributed by atoms with van der Waals surface area (Å²) in [7, 11) is 0. The molecule has 0 aliphatic carbocycles. The van der Waals surface area contributed by atoms with Crippen molar-refractivity contribution in [2.45, 2.75) is 6.42 Å². The van der Waals surface area contributed by atoms with E-state index in [0.717, 1.165) is 11.1 Å². The minimum atomic E-state index is -1.56. The maximum Gasteiger partial charge on any atom is 0.371 e. The van der Waals surface area contributed by atoms with Gasteiger partial charge in [-0.25, -0.2) is 4.79 Å². The van der Waals surface area contributed by atoms with Crippen LogP contribution in [0.25, 0.3) is 0 Å². The van der Waals surface area contributed by atoms with E-state index >= 15 is 0 Å². The summed E-state index contributed by atoms with van der Waals surface area (Å²) in [5, 5.41) is 17.9. The van der Waals surface area contributed by atoms with E-state index in [0.29, 0.717) is 24.0 Å². The molecule has 6 nitrogen and oxygen atoms in total. The van der Waals surface area contributed by atoms with E-state index in [1.54, 1.807) is 6.07 Å². The fourth-order valence-corrected chi connectivity index (χ4v) is 2.44. The number of allylic oxidation sites excluding steroid dienone is 1. The van der Waals surface area contributed by atoms with Crippen LogP contribution in [0.15, 0.2) is 54.3 Å². The van der Waals surface area contributed by atoms with Crippen LogP contribution in [0.5, 0.6) is 11.5 Å². The van der Waals surface area contributed by atoms with Crippen molar-refractivity contribution in [1.82, 2.24) is 0 Å². The van der Waals surface area contributed by atoms with Gasteiger partial charge in [0.2, 0.25) is 12.6 Å². The Balaban J connectivity index is 1.98. The summed E-state index contributed by atoms with van der Waals surface area (Å²) in [4.78, 5) is 22.8. The van der Waals surface area contributed by atoms with Gasteiger partial charge >= 0.3 is 5.97 Å². The summed E-state index contributed by atoms with van der Waals surface area (Å²) in [6.45, 7) is 0.0605. The lowest BCUT2D eigenvalue weighted by molar-refractivity contribution is -0.135. The minimum Gasteiger partial charge on any atom is -0.502 e. The summed E-state index contributed by atoms with van der Waals surface area (Å²) in [6, 6.07) is 12.7. The molecular weight excluding hydrogens is 312 g/mol. The third-order valence-corrected chi connectivity index (χ3v) is 3.56. The Morgan fingerprint density at radius 3 is 2.54 bits per heavy atom. The molecule has 24 heavy (non-hydrogen) atoms. The van der Waals surface area contributed by atoms with Crippen molar-refractivity contribution in [3.8, 4) is 11.5 Å². The van der Waals surface area contributed by atoms with Gasteiger partial charge in [0, 0.05) is 23.6 Å². The van der Waals surface area contributed by atoms with Crippen LogP contribution in [0.1, 0.15) is 21.5 Å². The number of carbonyl (C=O) groups is 2. The minimum absolute atomic E-state index is 0.0605. The molecule has 0 spiro atoms. The number of aliphatic carboxylic acids is 1. The number of hydrogen-bond acceptors (Lipinski definition) is 5. The van der Waals surface area contributed by atoms with Crippen LogP contribution in [0.3, 0.4) is 0 Å². The van der Waals surface area contributed by atoms with Crippen molar-refractivity contribution in [2.24, 2.45) is 0 Å². The van der Waals surface area contributed by atoms with E-state index in [9.17, 15) is 14.7 Å². The van der Waals surface area contributed by atoms with Gasteiger partial charge in [0.25, 0.3) is 0 Å². The normalized spacial score (nSPS) is 12.9. The molecule has 0 fully saturated rings. The van der Waals surface area contributed by atoms with Gasteiger partial charge in [0.05, 0.1) is 0 Å². The molecule has 6 heteroatoms. The smallest absolute Gasteiger partial charge is 0.371 e. The van der Waals surface area contributed by atoms with Gasteiger partial charge in [-0.3, -0.25) is 4.79 Å². The van der Waals surface area contributed by atoms with Crippen molar-refractivity contribution >= 4 is 11.8 Å². The Hall–Kier alpha value is -3.28. The third-order valence-electron chi connectivity index (χ3n) is 3.56. The van der Waals surface area contributed by atoms with Gasteiger partial charge in [-0.1, -0.05) is 30.3 Å². The monoisotopic (exact) mass is 326 g/mol. The molecule has 2 N–H and O–H groups in total. The highest BCUT2D eigenvalue weighted by molar-refractivity contribution is 6.08. The number of carboxylic acids is 1. The molecule has 2 aromatic carbocycles. The number of ether oxygens (including phenoxy) is 2. The maximum absolute atomic E-state index is 12.2. The number of carboxylic acid groups (broad SMARTS) is 1. The van der Waals surface area contributed by atoms with Crippen LogP contribution in [-0.2, 0) is 11.2 Å². The largest absolute Gasteiger partial charge is 0.502 e. The summed E-state index contributed by atoms with van der Waals surface area (Å²) < 4.78 is 10.8. The Kier molecular flexibility index (Phi) is 4.20. The van der Waals surface area contributed by atoms with E-state index in [2.05, 4.69) is 0 Å². The van der Waals surface area contributed by atoms with E-state index in [1.165, 1.54) is 6.07 Å². The molecule has 0 aromatic heterocycles. The number of fused-ring (bicyclic) bond motifs is 1. The van der Waals surface area contributed by atoms with Crippen molar-refractivity contribution in [3.05, 3.63) is 71.0 Å². The molecule has 122 valence electrons. The summed E-state index contributed by atoms with van der Waals surface area (Å²) in [5.41, 5.74) is 2.00. The van der Waals surface area contributed by atoms with Crippen LogP contribution >= 0.6 is 0 Å². The molecule has 3 rings (SSSR count). The van der Waals surface area contributed by atoms with Crippen molar-refractivity contribution < 1.29 is 29.3 Å². The quantitative estimate of drug-likeness (QED) is 0.498. The Bertz CT molecular complexity index is 823. The van der Waals surface area contributed by atoms with Gasteiger partial charge in [0.1, 0.15) is 0 Å². The highest BCUT2D eigenvalue weighted by Crippen LogP contribution is 2.38. The molecule has 0 atom stereocenters. The number of rotatable bonds is 5. The molecule has 0 amide bonds. The fraction of sp³-hybridized carbons (Fsp3) is 0.111. The average molecular weight is 326 g/mol. The number of benzene rings is 2. The summed E-state index contributed by atoms with van der Waals surface area (Å²) in [6.07, 6.45) is 1.20. The first-order valence-corrected chi connectivity index (χ1v) is 7.19. The van der Waals surface area contributed by atoms with Crippen LogP contribution in [0.2, 0.25) is 0 Å². The topological polar surface area (TPSA) is 93.1 Å². The Labute approximate surface area is 137 Å². The van der Waals surface area contributed by atoms with Gasteiger partial charge in [-0.2, -0.15) is 0 Å². The zero-order valence-corrected chi connectivity index (χ0v) is 12.6. The fourth-order valence-electron chi connectivity index (χ4n) is 2.44. The van der Waals surface area contributed by atoms with Crippen LogP contribution in [-0.4, -0.2) is 28.8 Å². The molecule has 0 saturated carbocycles. The summed E-state index contributed by atoms with van der Waals surface area (Å²) >= 11 is 0. The standard InChI is InChI=1S/C18H14O6/c19-14(9-15(20)18(21)22)12-7-13(6-11-4-2-1-3-5-11)17-16(8-12)23-10-24-17/h1-5,7-9,20H,6,10H2,(H,21,22)/b15-9-. The first kappa shape index (κ1) is 15.6. The lowest BCUT2D eigenvalue weighted by Gasteiger charge is -2.08. The second-order valence-electron chi connectivity index (χ2n) is 5.23.